The van der Waals surface area contributed by atoms with Gasteiger partial charge in [-0.05, 0) is 60.7 Å². The van der Waals surface area contributed by atoms with Gasteiger partial charge in [0.1, 0.15) is 5.75 Å². The molecule has 2 amide bonds. The highest BCUT2D eigenvalue weighted by Crippen LogP contribution is 2.31. The smallest absolute Gasteiger partial charge is 0.324 e. The van der Waals surface area contributed by atoms with Gasteiger partial charge in [0.05, 0.1) is 6.61 Å². The van der Waals surface area contributed by atoms with Crippen LogP contribution in [0, 0.1) is 5.92 Å². The molecule has 172 valence electrons. The van der Waals surface area contributed by atoms with Crippen LogP contribution in [0.25, 0.3) is 11.1 Å². The Balaban J connectivity index is 1.20. The molecule has 2 heterocycles. The van der Waals surface area contributed by atoms with Crippen LogP contribution in [-0.2, 0) is 0 Å². The average molecular weight is 484 g/mol. The van der Waals surface area contributed by atoms with Crippen LogP contribution in [0.3, 0.4) is 0 Å². The predicted octanol–water partition coefficient (Wildman–Crippen LogP) is 6.79. The molecule has 1 aliphatic rings. The van der Waals surface area contributed by atoms with Crippen molar-refractivity contribution in [2.24, 2.45) is 5.92 Å². The highest BCUT2D eigenvalue weighted by molar-refractivity contribution is 6.36. The number of halogens is 2. The van der Waals surface area contributed by atoms with Crippen molar-refractivity contribution in [1.82, 2.24) is 9.88 Å². The van der Waals surface area contributed by atoms with E-state index in [1.807, 2.05) is 58.3 Å². The van der Waals surface area contributed by atoms with Crippen molar-refractivity contribution in [3.05, 3.63) is 77.0 Å². The lowest BCUT2D eigenvalue weighted by Crippen LogP contribution is -2.33. The Kier molecular flexibility index (Phi) is 7.73. The number of carbonyl (C=O) groups is 1. The molecule has 3 aromatic rings. The van der Waals surface area contributed by atoms with E-state index >= 15 is 0 Å². The Hall–Kier alpha value is -2.76. The SMILES string of the molecule is C[C@H](CCOc1ccc(-c2ccc(Cl)cc2Cl)cc1)CCN1CCN(c2ccncc2)C1=O. The van der Waals surface area contributed by atoms with Crippen LogP contribution < -0.4 is 9.64 Å². The first-order valence-corrected chi connectivity index (χ1v) is 11.9. The highest BCUT2D eigenvalue weighted by atomic mass is 35.5. The van der Waals surface area contributed by atoms with Gasteiger partial charge in [0.25, 0.3) is 0 Å². The van der Waals surface area contributed by atoms with Gasteiger partial charge in [-0.3, -0.25) is 9.88 Å². The van der Waals surface area contributed by atoms with Crippen molar-refractivity contribution >= 4 is 34.9 Å². The van der Waals surface area contributed by atoms with Gasteiger partial charge in [0, 0.05) is 53.3 Å². The van der Waals surface area contributed by atoms with Gasteiger partial charge in [-0.25, -0.2) is 4.79 Å². The van der Waals surface area contributed by atoms with E-state index in [-0.39, 0.29) is 6.03 Å². The zero-order valence-electron chi connectivity index (χ0n) is 18.6. The molecule has 2 aromatic carbocycles. The highest BCUT2D eigenvalue weighted by Gasteiger charge is 2.29. The topological polar surface area (TPSA) is 45.7 Å². The second-order valence-corrected chi connectivity index (χ2v) is 9.15. The third-order valence-electron chi connectivity index (χ3n) is 5.94. The molecule has 0 spiro atoms. The van der Waals surface area contributed by atoms with Gasteiger partial charge >= 0.3 is 6.03 Å². The van der Waals surface area contributed by atoms with Crippen molar-refractivity contribution in [1.29, 1.82) is 0 Å². The van der Waals surface area contributed by atoms with Gasteiger partial charge in [0.2, 0.25) is 0 Å². The van der Waals surface area contributed by atoms with E-state index in [4.69, 9.17) is 27.9 Å². The van der Waals surface area contributed by atoms with Crippen molar-refractivity contribution < 1.29 is 9.53 Å². The fourth-order valence-corrected chi connectivity index (χ4v) is 4.42. The second kappa shape index (κ2) is 10.9. The molecule has 1 aromatic heterocycles. The van der Waals surface area contributed by atoms with Crippen LogP contribution in [-0.4, -0.2) is 42.2 Å². The largest absolute Gasteiger partial charge is 0.494 e. The number of hydrogen-bond acceptors (Lipinski definition) is 3. The Morgan fingerprint density at radius 2 is 1.76 bits per heavy atom. The molecule has 0 saturated carbocycles. The van der Waals surface area contributed by atoms with Crippen LogP contribution in [0.1, 0.15) is 19.8 Å². The molecule has 7 heteroatoms. The quantitative estimate of drug-likeness (QED) is 0.336. The minimum absolute atomic E-state index is 0.0746. The van der Waals surface area contributed by atoms with Gasteiger partial charge in [-0.1, -0.05) is 48.3 Å². The number of pyridine rings is 1. The van der Waals surface area contributed by atoms with Gasteiger partial charge in [0.15, 0.2) is 0 Å². The van der Waals surface area contributed by atoms with E-state index < -0.39 is 0 Å². The van der Waals surface area contributed by atoms with E-state index in [0.717, 1.165) is 55.0 Å². The molecule has 4 rings (SSSR count). The number of hydrogen-bond donors (Lipinski definition) is 0. The lowest BCUT2D eigenvalue weighted by molar-refractivity contribution is 0.214. The monoisotopic (exact) mass is 483 g/mol. The van der Waals surface area contributed by atoms with E-state index in [2.05, 4.69) is 11.9 Å². The summed E-state index contributed by atoms with van der Waals surface area (Å²) < 4.78 is 5.94. The summed E-state index contributed by atoms with van der Waals surface area (Å²) in [5.41, 5.74) is 2.87. The maximum atomic E-state index is 12.7. The summed E-state index contributed by atoms with van der Waals surface area (Å²) in [4.78, 5) is 20.4. The van der Waals surface area contributed by atoms with Crippen LogP contribution in [0.4, 0.5) is 10.5 Å². The number of nitrogens with zero attached hydrogens (tertiary/aromatic N) is 3. The third kappa shape index (κ3) is 5.98. The fraction of sp³-hybridized carbons (Fsp3) is 0.308. The first-order chi connectivity index (χ1) is 16.0. The normalized spacial score (nSPS) is 14.6. The number of anilines is 1. The van der Waals surface area contributed by atoms with E-state index in [9.17, 15) is 4.79 Å². The first-order valence-electron chi connectivity index (χ1n) is 11.2. The molecule has 0 aliphatic carbocycles. The summed E-state index contributed by atoms with van der Waals surface area (Å²) in [6.45, 7) is 5.08. The molecule has 1 fully saturated rings. The molecule has 0 unspecified atom stereocenters. The lowest BCUT2D eigenvalue weighted by Gasteiger charge is -2.20. The number of ether oxygens (including phenoxy) is 1. The molecule has 0 bridgehead atoms. The van der Waals surface area contributed by atoms with Crippen LogP contribution in [0.5, 0.6) is 5.75 Å². The van der Waals surface area contributed by atoms with Crippen LogP contribution >= 0.6 is 23.2 Å². The third-order valence-corrected chi connectivity index (χ3v) is 6.48. The average Bonchev–Trinajstić information content (AvgIpc) is 3.19. The molecule has 1 saturated heterocycles. The molecule has 33 heavy (non-hydrogen) atoms. The lowest BCUT2D eigenvalue weighted by atomic mass is 10.0. The number of carbonyl (C=O) groups excluding carboxylic acids is 1. The zero-order chi connectivity index (χ0) is 23.2. The summed E-state index contributed by atoms with van der Waals surface area (Å²) >= 11 is 12.3. The molecule has 5 nitrogen and oxygen atoms in total. The summed E-state index contributed by atoms with van der Waals surface area (Å²) in [5, 5.41) is 1.25. The minimum atomic E-state index is 0.0746. The van der Waals surface area contributed by atoms with Crippen LogP contribution in [0.2, 0.25) is 10.0 Å². The Labute approximate surface area is 204 Å². The van der Waals surface area contributed by atoms with Crippen molar-refractivity contribution in [3.63, 3.8) is 0 Å². The Morgan fingerprint density at radius 3 is 2.48 bits per heavy atom. The van der Waals surface area contributed by atoms with Gasteiger partial charge < -0.3 is 9.64 Å². The number of benzene rings is 2. The molecule has 0 N–H and O–H groups in total. The molecular formula is C26H27Cl2N3O2. The predicted molar refractivity (Wildman–Crippen MR) is 134 cm³/mol. The summed E-state index contributed by atoms with van der Waals surface area (Å²) in [6, 6.07) is 17.2. The van der Waals surface area contributed by atoms with Crippen LogP contribution in [0.15, 0.2) is 67.0 Å². The number of aromatic nitrogens is 1. The summed E-state index contributed by atoms with van der Waals surface area (Å²) in [7, 11) is 0. The molecular weight excluding hydrogens is 457 g/mol. The summed E-state index contributed by atoms with van der Waals surface area (Å²) in [5.74, 6) is 1.29. The van der Waals surface area contributed by atoms with Crippen molar-refractivity contribution in [2.45, 2.75) is 19.8 Å². The minimum Gasteiger partial charge on any atom is -0.494 e. The first kappa shape index (κ1) is 23.4. The fourth-order valence-electron chi connectivity index (χ4n) is 3.91. The second-order valence-electron chi connectivity index (χ2n) is 8.31. The molecule has 0 radical (unpaired) electrons. The standard InChI is InChI=1S/C26H27Cl2N3O2/c1-19(10-14-30-15-16-31(26(30)32)22-8-12-29-13-9-22)11-17-33-23-5-2-20(3-6-23)24-7-4-21(27)18-25(24)28/h2-9,12-13,18-19H,10-11,14-17H2,1H3/t19-/m0/s1. The van der Waals surface area contributed by atoms with Gasteiger partial charge in [-0.2, -0.15) is 0 Å². The zero-order valence-corrected chi connectivity index (χ0v) is 20.1. The Morgan fingerprint density at radius 1 is 1.00 bits per heavy atom. The van der Waals surface area contributed by atoms with E-state index in [0.29, 0.717) is 22.6 Å². The van der Waals surface area contributed by atoms with E-state index in [1.54, 1.807) is 18.5 Å². The van der Waals surface area contributed by atoms with Gasteiger partial charge in [-0.15, -0.1) is 0 Å². The van der Waals surface area contributed by atoms with Crippen molar-refractivity contribution in [2.75, 3.05) is 31.1 Å². The van der Waals surface area contributed by atoms with E-state index in [1.165, 1.54) is 0 Å². The molecule has 1 aliphatic heterocycles. The number of rotatable bonds is 9. The maximum Gasteiger partial charge on any atom is 0.324 e. The molecule has 1 atom stereocenters. The number of amides is 2. The number of urea groups is 1. The maximum absolute atomic E-state index is 12.7. The summed E-state index contributed by atoms with van der Waals surface area (Å²) in [6.07, 6.45) is 5.32. The van der Waals surface area contributed by atoms with Crippen molar-refractivity contribution in [3.8, 4) is 16.9 Å². The Bertz CT molecular complexity index is 1080.